The molecule has 150 valence electrons. The van der Waals surface area contributed by atoms with Crippen LogP contribution in [0.5, 0.6) is 11.5 Å². The van der Waals surface area contributed by atoms with E-state index in [9.17, 15) is 4.79 Å². The van der Waals surface area contributed by atoms with Crippen LogP contribution >= 0.6 is 23.2 Å². The Bertz CT molecular complexity index is 841. The van der Waals surface area contributed by atoms with Crippen molar-refractivity contribution in [3.8, 4) is 11.5 Å². The highest BCUT2D eigenvalue weighted by atomic mass is 35.5. The van der Waals surface area contributed by atoms with Crippen LogP contribution in [0.1, 0.15) is 6.92 Å². The van der Waals surface area contributed by atoms with E-state index >= 15 is 0 Å². The van der Waals surface area contributed by atoms with Gasteiger partial charge in [-0.3, -0.25) is 4.79 Å². The molecule has 8 heteroatoms. The van der Waals surface area contributed by atoms with Gasteiger partial charge >= 0.3 is 0 Å². The third kappa shape index (κ3) is 5.01. The number of ether oxygens (including phenoxy) is 3. The minimum atomic E-state index is -0.762. The van der Waals surface area contributed by atoms with E-state index in [1.165, 1.54) is 0 Å². The van der Waals surface area contributed by atoms with Crippen molar-refractivity contribution in [2.24, 2.45) is 0 Å². The zero-order valence-corrected chi connectivity index (χ0v) is 17.2. The summed E-state index contributed by atoms with van der Waals surface area (Å²) in [5.74, 6) is 0.753. The van der Waals surface area contributed by atoms with Crippen LogP contribution < -0.4 is 19.7 Å². The number of anilines is 2. The fourth-order valence-corrected chi connectivity index (χ4v) is 3.32. The van der Waals surface area contributed by atoms with Gasteiger partial charge in [-0.25, -0.2) is 0 Å². The lowest BCUT2D eigenvalue weighted by Crippen LogP contribution is -2.37. The number of nitrogens with one attached hydrogen (secondary N) is 1. The number of hydrogen-bond donors (Lipinski definition) is 1. The third-order valence-corrected chi connectivity index (χ3v) is 4.91. The molecule has 1 N–H and O–H groups in total. The van der Waals surface area contributed by atoms with Gasteiger partial charge in [0.2, 0.25) is 0 Å². The smallest absolute Gasteiger partial charge is 0.265 e. The van der Waals surface area contributed by atoms with E-state index in [4.69, 9.17) is 37.4 Å². The molecule has 0 bridgehead atoms. The van der Waals surface area contributed by atoms with E-state index in [1.807, 2.05) is 12.1 Å². The Balaban J connectivity index is 1.76. The molecule has 1 heterocycles. The molecule has 1 amide bonds. The Hall–Kier alpha value is -2.15. The molecule has 28 heavy (non-hydrogen) atoms. The second kappa shape index (κ2) is 9.37. The molecule has 3 rings (SSSR count). The Morgan fingerprint density at radius 2 is 1.93 bits per heavy atom. The summed E-state index contributed by atoms with van der Waals surface area (Å²) in [6.45, 7) is 4.46. The van der Waals surface area contributed by atoms with E-state index in [0.29, 0.717) is 40.4 Å². The maximum Gasteiger partial charge on any atom is 0.265 e. The number of carbonyl (C=O) groups excluding carboxylic acids is 1. The molecule has 1 atom stereocenters. The number of rotatable bonds is 6. The number of amides is 1. The molecule has 1 aliphatic rings. The highest BCUT2D eigenvalue weighted by Gasteiger charge is 2.21. The van der Waals surface area contributed by atoms with Gasteiger partial charge in [-0.2, -0.15) is 0 Å². The third-order valence-electron chi connectivity index (χ3n) is 4.38. The number of hydrogen-bond acceptors (Lipinski definition) is 5. The van der Waals surface area contributed by atoms with Gasteiger partial charge in [-0.1, -0.05) is 23.2 Å². The molecule has 2 aromatic rings. The molecule has 1 unspecified atom stereocenters. The molecule has 1 fully saturated rings. The predicted octanol–water partition coefficient (Wildman–Crippen LogP) is 4.24. The molecule has 1 aliphatic heterocycles. The summed E-state index contributed by atoms with van der Waals surface area (Å²) in [4.78, 5) is 14.9. The van der Waals surface area contributed by atoms with Crippen LogP contribution in [0.2, 0.25) is 10.0 Å². The van der Waals surface area contributed by atoms with Crippen molar-refractivity contribution in [3.63, 3.8) is 0 Å². The molecule has 0 spiro atoms. The van der Waals surface area contributed by atoms with Gasteiger partial charge in [0, 0.05) is 24.2 Å². The van der Waals surface area contributed by atoms with Gasteiger partial charge in [0.25, 0.3) is 5.91 Å². The molecule has 6 nitrogen and oxygen atoms in total. The predicted molar refractivity (Wildman–Crippen MR) is 111 cm³/mol. The average Bonchev–Trinajstić information content (AvgIpc) is 2.70. The average molecular weight is 425 g/mol. The zero-order valence-electron chi connectivity index (χ0n) is 15.7. The van der Waals surface area contributed by atoms with Crippen LogP contribution in [0.4, 0.5) is 11.4 Å². The number of morpholine rings is 1. The lowest BCUT2D eigenvalue weighted by atomic mass is 10.2. The van der Waals surface area contributed by atoms with Crippen molar-refractivity contribution < 1.29 is 19.0 Å². The summed E-state index contributed by atoms with van der Waals surface area (Å²) in [7, 11) is 1.59. The Kier molecular flexibility index (Phi) is 6.88. The molecule has 0 saturated carbocycles. The molecule has 0 aromatic heterocycles. The summed E-state index contributed by atoms with van der Waals surface area (Å²) in [5, 5.41) is 3.79. The van der Waals surface area contributed by atoms with E-state index in [-0.39, 0.29) is 5.91 Å². The lowest BCUT2D eigenvalue weighted by molar-refractivity contribution is -0.122. The van der Waals surface area contributed by atoms with Gasteiger partial charge in [0.15, 0.2) is 6.10 Å². The normalized spacial score (nSPS) is 15.1. The molecule has 0 radical (unpaired) electrons. The minimum Gasteiger partial charge on any atom is -0.497 e. The van der Waals surface area contributed by atoms with Gasteiger partial charge < -0.3 is 24.4 Å². The largest absolute Gasteiger partial charge is 0.497 e. The SMILES string of the molecule is COc1ccc(N2CCOCC2)c(NC(=O)C(C)Oc2ccc(Cl)cc2Cl)c1. The van der Waals surface area contributed by atoms with E-state index in [1.54, 1.807) is 38.3 Å². The van der Waals surface area contributed by atoms with Gasteiger partial charge in [0.05, 0.1) is 36.7 Å². The maximum atomic E-state index is 12.7. The highest BCUT2D eigenvalue weighted by Crippen LogP contribution is 2.32. The first-order chi connectivity index (χ1) is 13.5. The van der Waals surface area contributed by atoms with Gasteiger partial charge in [0.1, 0.15) is 11.5 Å². The molecule has 1 saturated heterocycles. The molecule has 0 aliphatic carbocycles. The summed E-state index contributed by atoms with van der Waals surface area (Å²) in [6.07, 6.45) is -0.762. The fourth-order valence-electron chi connectivity index (χ4n) is 2.87. The van der Waals surface area contributed by atoms with Crippen molar-refractivity contribution in [1.29, 1.82) is 0 Å². The lowest BCUT2D eigenvalue weighted by Gasteiger charge is -2.31. The molecular weight excluding hydrogens is 403 g/mol. The minimum absolute atomic E-state index is 0.297. The maximum absolute atomic E-state index is 12.7. The first kappa shape index (κ1) is 20.6. The van der Waals surface area contributed by atoms with Crippen molar-refractivity contribution >= 4 is 40.5 Å². The topological polar surface area (TPSA) is 60.0 Å². The molecular formula is C20H22Cl2N2O4. The van der Waals surface area contributed by atoms with Crippen molar-refractivity contribution in [1.82, 2.24) is 0 Å². The number of halogens is 2. The summed E-state index contributed by atoms with van der Waals surface area (Å²) >= 11 is 12.0. The van der Waals surface area contributed by atoms with E-state index in [0.717, 1.165) is 18.8 Å². The van der Waals surface area contributed by atoms with Crippen LogP contribution in [0.25, 0.3) is 0 Å². The van der Waals surface area contributed by atoms with Crippen LogP contribution in [0.15, 0.2) is 36.4 Å². The number of benzene rings is 2. The van der Waals surface area contributed by atoms with E-state index < -0.39 is 6.10 Å². The second-order valence-corrected chi connectivity index (χ2v) is 7.15. The Morgan fingerprint density at radius 1 is 1.18 bits per heavy atom. The van der Waals surface area contributed by atoms with Crippen LogP contribution in [-0.2, 0) is 9.53 Å². The van der Waals surface area contributed by atoms with Crippen LogP contribution in [0.3, 0.4) is 0 Å². The first-order valence-electron chi connectivity index (χ1n) is 8.91. The Morgan fingerprint density at radius 3 is 2.61 bits per heavy atom. The quantitative estimate of drug-likeness (QED) is 0.750. The monoisotopic (exact) mass is 424 g/mol. The van der Waals surface area contributed by atoms with E-state index in [2.05, 4.69) is 10.2 Å². The number of nitrogens with zero attached hydrogens (tertiary/aromatic N) is 1. The van der Waals surface area contributed by atoms with Crippen LogP contribution in [0, 0.1) is 0 Å². The second-order valence-electron chi connectivity index (χ2n) is 6.31. The Labute approximate surface area is 174 Å². The number of methoxy groups -OCH3 is 1. The first-order valence-corrected chi connectivity index (χ1v) is 9.67. The summed E-state index contributed by atoms with van der Waals surface area (Å²) < 4.78 is 16.4. The molecule has 2 aromatic carbocycles. The fraction of sp³-hybridized carbons (Fsp3) is 0.350. The van der Waals surface area contributed by atoms with Crippen molar-refractivity contribution in [2.75, 3.05) is 43.6 Å². The van der Waals surface area contributed by atoms with Gasteiger partial charge in [-0.05, 0) is 37.3 Å². The zero-order chi connectivity index (χ0) is 20.1. The standard InChI is InChI=1S/C20H22Cl2N2O4/c1-13(28-19-6-3-14(21)11-16(19)22)20(25)23-17-12-15(26-2)4-5-18(17)24-7-9-27-10-8-24/h3-6,11-13H,7-10H2,1-2H3,(H,23,25). The van der Waals surface area contributed by atoms with Gasteiger partial charge in [-0.15, -0.1) is 0 Å². The number of carbonyl (C=O) groups is 1. The van der Waals surface area contributed by atoms with Crippen molar-refractivity contribution in [3.05, 3.63) is 46.4 Å². The van der Waals surface area contributed by atoms with Crippen molar-refractivity contribution in [2.45, 2.75) is 13.0 Å². The summed E-state index contributed by atoms with van der Waals surface area (Å²) in [5.41, 5.74) is 1.57. The highest BCUT2D eigenvalue weighted by molar-refractivity contribution is 6.35. The summed E-state index contributed by atoms with van der Waals surface area (Å²) in [6, 6.07) is 10.5. The van der Waals surface area contributed by atoms with Crippen LogP contribution in [-0.4, -0.2) is 45.4 Å².